The van der Waals surface area contributed by atoms with Crippen molar-refractivity contribution in [2.45, 2.75) is 24.0 Å². The molecule has 1 fully saturated rings. The van der Waals surface area contributed by atoms with Gasteiger partial charge in [-0.05, 0) is 24.3 Å². The van der Waals surface area contributed by atoms with E-state index in [-0.39, 0.29) is 30.8 Å². The van der Waals surface area contributed by atoms with Gasteiger partial charge in [0.1, 0.15) is 5.82 Å². The molecule has 3 heterocycles. The van der Waals surface area contributed by atoms with Gasteiger partial charge in [0.25, 0.3) is 0 Å². The van der Waals surface area contributed by atoms with Gasteiger partial charge in [0.2, 0.25) is 18.6 Å². The van der Waals surface area contributed by atoms with Gasteiger partial charge in [-0.15, -0.1) is 10.2 Å². The Balaban J connectivity index is 1.30. The maximum absolute atomic E-state index is 12.6. The number of hydrogen-bond donors (Lipinski definition) is 3. The summed E-state index contributed by atoms with van der Waals surface area (Å²) in [6.07, 6.45) is 0.457. The standard InChI is InChI=1S/C22H20N6O5S/c29-19-10-14(24-21(31)25-19)9-18-26-27-22(28(18)15-4-2-1-3-5-15)34-11-20(30)23-13-6-7-16-17(8-13)33-12-32-16/h1-8,14H,9-12H2,(H,23,30)(H2,24,25,29,31). The lowest BCUT2D eigenvalue weighted by atomic mass is 10.1. The average molecular weight is 481 g/mol. The molecule has 0 aliphatic carbocycles. The molecule has 0 spiro atoms. The van der Waals surface area contributed by atoms with Crippen molar-refractivity contribution < 1.29 is 23.9 Å². The van der Waals surface area contributed by atoms with E-state index in [2.05, 4.69) is 26.1 Å². The number of imide groups is 1. The molecule has 1 unspecified atom stereocenters. The van der Waals surface area contributed by atoms with Gasteiger partial charge in [0.05, 0.1) is 5.75 Å². The summed E-state index contributed by atoms with van der Waals surface area (Å²) in [7, 11) is 0. The fourth-order valence-corrected chi connectivity index (χ4v) is 4.45. The average Bonchev–Trinajstić information content (AvgIpc) is 3.44. The number of carbonyl (C=O) groups is 3. The number of urea groups is 1. The predicted molar refractivity (Wildman–Crippen MR) is 122 cm³/mol. The molecule has 12 heteroatoms. The number of carbonyl (C=O) groups excluding carboxylic acids is 3. The van der Waals surface area contributed by atoms with Crippen LogP contribution in [0, 0.1) is 0 Å². The van der Waals surface area contributed by atoms with Crippen LogP contribution in [0.4, 0.5) is 10.5 Å². The molecule has 4 amide bonds. The van der Waals surface area contributed by atoms with Crippen LogP contribution in [-0.4, -0.2) is 51.2 Å². The summed E-state index contributed by atoms with van der Waals surface area (Å²) < 4.78 is 12.5. The molecule has 3 N–H and O–H groups in total. The molecule has 1 atom stereocenters. The third kappa shape index (κ3) is 4.81. The van der Waals surface area contributed by atoms with Gasteiger partial charge in [-0.3, -0.25) is 19.5 Å². The van der Waals surface area contributed by atoms with Crippen molar-refractivity contribution in [2.24, 2.45) is 0 Å². The van der Waals surface area contributed by atoms with Crippen LogP contribution in [0.2, 0.25) is 0 Å². The van der Waals surface area contributed by atoms with Crippen LogP contribution in [-0.2, 0) is 16.0 Å². The fraction of sp³-hybridized carbons (Fsp3) is 0.227. The minimum Gasteiger partial charge on any atom is -0.454 e. The Hall–Kier alpha value is -4.06. The van der Waals surface area contributed by atoms with Gasteiger partial charge in [-0.2, -0.15) is 0 Å². The van der Waals surface area contributed by atoms with Gasteiger partial charge in [-0.1, -0.05) is 30.0 Å². The monoisotopic (exact) mass is 480 g/mol. The molecule has 2 aliphatic heterocycles. The summed E-state index contributed by atoms with van der Waals surface area (Å²) in [5, 5.41) is 16.9. The van der Waals surface area contributed by atoms with Gasteiger partial charge >= 0.3 is 6.03 Å². The van der Waals surface area contributed by atoms with Crippen molar-refractivity contribution in [3.63, 3.8) is 0 Å². The van der Waals surface area contributed by atoms with Crippen molar-refractivity contribution in [3.8, 4) is 17.2 Å². The zero-order valence-corrected chi connectivity index (χ0v) is 18.6. The molecule has 11 nitrogen and oxygen atoms in total. The molecule has 0 bridgehead atoms. The first-order valence-corrected chi connectivity index (χ1v) is 11.5. The number of aromatic nitrogens is 3. The van der Waals surface area contributed by atoms with Crippen LogP contribution in [0.3, 0.4) is 0 Å². The van der Waals surface area contributed by atoms with Crippen LogP contribution < -0.4 is 25.4 Å². The first kappa shape index (κ1) is 21.8. The summed E-state index contributed by atoms with van der Waals surface area (Å²) in [5.74, 6) is 1.34. The van der Waals surface area contributed by atoms with Crippen LogP contribution in [0.1, 0.15) is 12.2 Å². The molecule has 2 aromatic carbocycles. The summed E-state index contributed by atoms with van der Waals surface area (Å²) >= 11 is 1.23. The van der Waals surface area contributed by atoms with Gasteiger partial charge in [-0.25, -0.2) is 4.79 Å². The zero-order chi connectivity index (χ0) is 23.5. The number of anilines is 1. The van der Waals surface area contributed by atoms with Crippen molar-refractivity contribution >= 4 is 35.3 Å². The minimum atomic E-state index is -0.526. The molecule has 2 aliphatic rings. The van der Waals surface area contributed by atoms with E-state index >= 15 is 0 Å². The lowest BCUT2D eigenvalue weighted by molar-refractivity contribution is -0.121. The lowest BCUT2D eigenvalue weighted by Crippen LogP contribution is -2.53. The van der Waals surface area contributed by atoms with Crippen molar-refractivity contribution in [1.82, 2.24) is 25.4 Å². The number of amides is 4. The Morgan fingerprint density at radius 3 is 2.76 bits per heavy atom. The maximum Gasteiger partial charge on any atom is 0.321 e. The van der Waals surface area contributed by atoms with Gasteiger partial charge in [0.15, 0.2) is 16.7 Å². The highest BCUT2D eigenvalue weighted by Crippen LogP contribution is 2.34. The largest absolute Gasteiger partial charge is 0.454 e. The Kier molecular flexibility index (Phi) is 6.04. The van der Waals surface area contributed by atoms with Crippen LogP contribution in [0.15, 0.2) is 53.7 Å². The number of ether oxygens (including phenoxy) is 2. The van der Waals surface area contributed by atoms with E-state index < -0.39 is 12.1 Å². The summed E-state index contributed by atoms with van der Waals surface area (Å²) in [6.45, 7) is 0.162. The number of rotatable bonds is 7. The summed E-state index contributed by atoms with van der Waals surface area (Å²) in [5.41, 5.74) is 1.42. The number of hydrogen-bond acceptors (Lipinski definition) is 8. The molecular weight excluding hydrogens is 460 g/mol. The Labute approximate surface area is 198 Å². The molecule has 1 saturated heterocycles. The number of fused-ring (bicyclic) bond motifs is 1. The molecule has 0 saturated carbocycles. The van der Waals surface area contributed by atoms with Gasteiger partial charge in [0, 0.05) is 36.3 Å². The Morgan fingerprint density at radius 1 is 1.12 bits per heavy atom. The Bertz CT molecular complexity index is 1230. The smallest absolute Gasteiger partial charge is 0.321 e. The normalized spacial score (nSPS) is 16.6. The molecule has 0 radical (unpaired) electrons. The number of nitrogens with one attached hydrogen (secondary N) is 3. The van der Waals surface area contributed by atoms with Crippen LogP contribution >= 0.6 is 11.8 Å². The van der Waals surface area contributed by atoms with Crippen LogP contribution in [0.25, 0.3) is 5.69 Å². The maximum atomic E-state index is 12.6. The zero-order valence-electron chi connectivity index (χ0n) is 17.8. The van der Waals surface area contributed by atoms with Gasteiger partial charge < -0.3 is 20.1 Å². The highest BCUT2D eigenvalue weighted by atomic mass is 32.2. The van der Waals surface area contributed by atoms with Crippen molar-refractivity contribution in [1.29, 1.82) is 0 Å². The second-order valence-corrected chi connectivity index (χ2v) is 8.54. The molecular formula is C22H20N6O5S. The first-order valence-electron chi connectivity index (χ1n) is 10.5. The third-order valence-corrected chi connectivity index (χ3v) is 6.08. The van der Waals surface area contributed by atoms with E-state index in [9.17, 15) is 14.4 Å². The van der Waals surface area contributed by atoms with E-state index in [0.717, 1.165) is 5.69 Å². The van der Waals surface area contributed by atoms with E-state index in [1.54, 1.807) is 18.2 Å². The quantitative estimate of drug-likeness (QED) is 0.436. The van der Waals surface area contributed by atoms with Crippen LogP contribution in [0.5, 0.6) is 11.5 Å². The molecule has 174 valence electrons. The highest BCUT2D eigenvalue weighted by Gasteiger charge is 2.27. The molecule has 3 aromatic rings. The molecule has 5 rings (SSSR count). The number of benzene rings is 2. The molecule has 34 heavy (non-hydrogen) atoms. The van der Waals surface area contributed by atoms with E-state index in [1.807, 2.05) is 34.9 Å². The van der Waals surface area contributed by atoms with Crippen molar-refractivity contribution in [3.05, 3.63) is 54.4 Å². The fourth-order valence-electron chi connectivity index (χ4n) is 3.68. The highest BCUT2D eigenvalue weighted by molar-refractivity contribution is 7.99. The second-order valence-electron chi connectivity index (χ2n) is 7.60. The van der Waals surface area contributed by atoms with Crippen molar-refractivity contribution in [2.75, 3.05) is 17.9 Å². The topological polar surface area (TPSA) is 136 Å². The number of thioether (sulfide) groups is 1. The third-order valence-electron chi connectivity index (χ3n) is 5.15. The predicted octanol–water partition coefficient (Wildman–Crippen LogP) is 1.87. The number of para-hydroxylation sites is 1. The SMILES string of the molecule is O=C1CC(Cc2nnc(SCC(=O)Nc3ccc4c(c3)OCO4)n2-c2ccccc2)NC(=O)N1. The Morgan fingerprint density at radius 2 is 1.94 bits per heavy atom. The van der Waals surface area contributed by atoms with E-state index in [1.165, 1.54) is 11.8 Å². The number of nitrogens with zero attached hydrogens (tertiary/aromatic N) is 3. The summed E-state index contributed by atoms with van der Waals surface area (Å²) in [4.78, 5) is 36.0. The lowest BCUT2D eigenvalue weighted by Gasteiger charge is -2.23. The minimum absolute atomic E-state index is 0.0992. The first-order chi connectivity index (χ1) is 16.5. The summed E-state index contributed by atoms with van der Waals surface area (Å²) in [6, 6.07) is 13.7. The van der Waals surface area contributed by atoms with E-state index in [0.29, 0.717) is 34.6 Å². The van der Waals surface area contributed by atoms with E-state index in [4.69, 9.17) is 9.47 Å². The molecule has 1 aromatic heterocycles. The second kappa shape index (κ2) is 9.43.